The maximum atomic E-state index is 12.4. The van der Waals surface area contributed by atoms with Crippen LogP contribution in [0.15, 0.2) is 42.7 Å². The number of amides is 1. The van der Waals surface area contributed by atoms with Crippen LogP contribution >= 0.6 is 0 Å². The zero-order valence-corrected chi connectivity index (χ0v) is 14.8. The van der Waals surface area contributed by atoms with Crippen LogP contribution in [0.4, 0.5) is 0 Å². The maximum Gasteiger partial charge on any atom is 0.320 e. The van der Waals surface area contributed by atoms with Gasteiger partial charge in [0.05, 0.1) is 12.5 Å². The number of likely N-dealkylation sites (N-methyl/N-ethyl adjacent to an activating group) is 1. The molecule has 1 aliphatic rings. The largest absolute Gasteiger partial charge is 0.480 e. The van der Waals surface area contributed by atoms with Crippen molar-refractivity contribution in [3.05, 3.63) is 53.9 Å². The first-order valence-electron chi connectivity index (χ1n) is 8.79. The van der Waals surface area contributed by atoms with Gasteiger partial charge in [0.2, 0.25) is 5.91 Å². The van der Waals surface area contributed by atoms with Crippen LogP contribution in [0.1, 0.15) is 24.0 Å². The van der Waals surface area contributed by atoms with Crippen LogP contribution < -0.4 is 5.32 Å². The van der Waals surface area contributed by atoms with Crippen LogP contribution in [-0.2, 0) is 22.7 Å². The van der Waals surface area contributed by atoms with E-state index < -0.39 is 12.0 Å². The molecule has 7 heteroatoms. The summed E-state index contributed by atoms with van der Waals surface area (Å²) in [6.07, 6.45) is 4.77. The summed E-state index contributed by atoms with van der Waals surface area (Å²) in [5.74, 6) is -0.999. The number of carboxylic acid groups (broad SMARTS) is 1. The lowest BCUT2D eigenvalue weighted by atomic mass is 9.92. The summed E-state index contributed by atoms with van der Waals surface area (Å²) in [6, 6.07) is 9.47. The number of nitrogens with zero attached hydrogens (tertiary/aromatic N) is 3. The molecule has 1 aliphatic heterocycles. The third kappa shape index (κ3) is 4.49. The molecule has 1 fully saturated rings. The Labute approximate surface area is 152 Å². The van der Waals surface area contributed by atoms with E-state index in [1.165, 1.54) is 0 Å². The molecule has 0 radical (unpaired) electrons. The number of nitrogens with one attached hydrogen (secondary N) is 1. The van der Waals surface area contributed by atoms with Crippen LogP contribution in [0, 0.1) is 5.92 Å². The molecule has 1 aromatic carbocycles. The van der Waals surface area contributed by atoms with Gasteiger partial charge >= 0.3 is 5.97 Å². The summed E-state index contributed by atoms with van der Waals surface area (Å²) in [4.78, 5) is 25.3. The predicted molar refractivity (Wildman–Crippen MR) is 96.4 cm³/mol. The summed E-state index contributed by atoms with van der Waals surface area (Å²) in [7, 11) is 1.76. The van der Waals surface area contributed by atoms with E-state index >= 15 is 0 Å². The van der Waals surface area contributed by atoms with Crippen molar-refractivity contribution in [2.75, 3.05) is 13.6 Å². The van der Waals surface area contributed by atoms with Crippen molar-refractivity contribution in [1.82, 2.24) is 20.0 Å². The molecule has 2 aromatic rings. The lowest BCUT2D eigenvalue weighted by Crippen LogP contribution is -2.49. The minimum atomic E-state index is -0.819. The second-order valence-electron chi connectivity index (χ2n) is 6.81. The van der Waals surface area contributed by atoms with E-state index in [0.717, 1.165) is 11.1 Å². The second-order valence-corrected chi connectivity index (χ2v) is 6.81. The van der Waals surface area contributed by atoms with Gasteiger partial charge in [-0.3, -0.25) is 19.2 Å². The molecule has 7 nitrogen and oxygen atoms in total. The van der Waals surface area contributed by atoms with Crippen molar-refractivity contribution in [3.8, 4) is 0 Å². The van der Waals surface area contributed by atoms with Gasteiger partial charge in [0, 0.05) is 25.5 Å². The van der Waals surface area contributed by atoms with Crippen LogP contribution in [-0.4, -0.2) is 51.3 Å². The number of aromatic nitrogens is 2. The van der Waals surface area contributed by atoms with E-state index in [1.54, 1.807) is 18.1 Å². The number of likely N-dealkylation sites (tertiary alicyclic amines) is 1. The standard InChI is InChI=1S/C19H24N4O3/c1-22-13-16(6-7-17(22)19(25)26)18(24)20-11-14-4-2-5-15(10-14)12-23-9-3-8-21-23/h2-5,8-10,16-17H,6-7,11-13H2,1H3,(H,20,24)(H,25,26). The second kappa shape index (κ2) is 8.14. The monoisotopic (exact) mass is 356 g/mol. The topological polar surface area (TPSA) is 87.5 Å². The molecule has 2 unspecified atom stereocenters. The first-order valence-corrected chi connectivity index (χ1v) is 8.79. The van der Waals surface area contributed by atoms with Crippen molar-refractivity contribution in [2.45, 2.75) is 32.0 Å². The summed E-state index contributed by atoms with van der Waals surface area (Å²) < 4.78 is 1.86. The Hall–Kier alpha value is -2.67. The molecule has 1 aromatic heterocycles. The number of rotatable bonds is 6. The smallest absolute Gasteiger partial charge is 0.320 e. The van der Waals surface area contributed by atoms with E-state index in [1.807, 2.05) is 35.1 Å². The number of piperidine rings is 1. The number of hydrogen-bond acceptors (Lipinski definition) is 4. The Bertz CT molecular complexity index is 760. The Morgan fingerprint density at radius 3 is 2.77 bits per heavy atom. The molecule has 26 heavy (non-hydrogen) atoms. The molecule has 1 amide bonds. The highest BCUT2D eigenvalue weighted by Crippen LogP contribution is 2.21. The van der Waals surface area contributed by atoms with Gasteiger partial charge in [0.1, 0.15) is 6.04 Å². The summed E-state index contributed by atoms with van der Waals surface area (Å²) in [5, 5.41) is 16.3. The van der Waals surface area contributed by atoms with Crippen LogP contribution in [0.2, 0.25) is 0 Å². The number of hydrogen-bond donors (Lipinski definition) is 2. The number of carbonyl (C=O) groups excluding carboxylic acids is 1. The molecule has 1 saturated heterocycles. The van der Waals surface area contributed by atoms with Crippen molar-refractivity contribution in [1.29, 1.82) is 0 Å². The molecule has 3 rings (SSSR count). The van der Waals surface area contributed by atoms with Gasteiger partial charge < -0.3 is 10.4 Å². The van der Waals surface area contributed by atoms with E-state index in [4.69, 9.17) is 5.11 Å². The Morgan fingerprint density at radius 2 is 2.08 bits per heavy atom. The molecular weight excluding hydrogens is 332 g/mol. The van der Waals surface area contributed by atoms with Gasteiger partial charge in [-0.15, -0.1) is 0 Å². The molecule has 2 N–H and O–H groups in total. The molecule has 2 atom stereocenters. The molecule has 2 heterocycles. The minimum Gasteiger partial charge on any atom is -0.480 e. The fourth-order valence-electron chi connectivity index (χ4n) is 3.42. The van der Waals surface area contributed by atoms with E-state index in [2.05, 4.69) is 16.5 Å². The first kappa shape index (κ1) is 18.1. The Morgan fingerprint density at radius 1 is 1.27 bits per heavy atom. The zero-order valence-electron chi connectivity index (χ0n) is 14.8. The maximum absolute atomic E-state index is 12.4. The van der Waals surface area contributed by atoms with Crippen LogP contribution in [0.25, 0.3) is 0 Å². The minimum absolute atomic E-state index is 0.0156. The quantitative estimate of drug-likeness (QED) is 0.816. The summed E-state index contributed by atoms with van der Waals surface area (Å²) in [5.41, 5.74) is 2.16. The zero-order chi connectivity index (χ0) is 18.5. The molecule has 138 valence electrons. The van der Waals surface area contributed by atoms with Crippen LogP contribution in [0.3, 0.4) is 0 Å². The fraction of sp³-hybridized carbons (Fsp3) is 0.421. The highest BCUT2D eigenvalue weighted by Gasteiger charge is 2.33. The molecule has 0 bridgehead atoms. The number of carboxylic acids is 1. The highest BCUT2D eigenvalue weighted by atomic mass is 16.4. The molecule has 0 spiro atoms. The first-order chi connectivity index (χ1) is 12.5. The number of aliphatic carboxylic acids is 1. The summed E-state index contributed by atoms with van der Waals surface area (Å²) >= 11 is 0. The van der Waals surface area contributed by atoms with Gasteiger partial charge in [-0.2, -0.15) is 5.10 Å². The summed E-state index contributed by atoms with van der Waals surface area (Å²) in [6.45, 7) is 1.63. The van der Waals surface area contributed by atoms with Gasteiger partial charge in [-0.25, -0.2) is 0 Å². The van der Waals surface area contributed by atoms with E-state index in [0.29, 0.717) is 32.5 Å². The van der Waals surface area contributed by atoms with Crippen molar-refractivity contribution < 1.29 is 14.7 Å². The lowest BCUT2D eigenvalue weighted by Gasteiger charge is -2.34. The molecular formula is C19H24N4O3. The van der Waals surface area contributed by atoms with Gasteiger partial charge in [-0.1, -0.05) is 24.3 Å². The molecule has 0 aliphatic carbocycles. The van der Waals surface area contributed by atoms with Crippen molar-refractivity contribution in [2.24, 2.45) is 5.92 Å². The van der Waals surface area contributed by atoms with E-state index in [9.17, 15) is 9.59 Å². The van der Waals surface area contributed by atoms with Gasteiger partial charge in [-0.05, 0) is 37.1 Å². The van der Waals surface area contributed by atoms with Crippen LogP contribution in [0.5, 0.6) is 0 Å². The van der Waals surface area contributed by atoms with E-state index in [-0.39, 0.29) is 11.8 Å². The normalized spacial score (nSPS) is 20.7. The predicted octanol–water partition coefficient (Wildman–Crippen LogP) is 1.34. The third-order valence-corrected chi connectivity index (χ3v) is 4.85. The average molecular weight is 356 g/mol. The Kier molecular flexibility index (Phi) is 5.68. The number of carbonyl (C=O) groups is 2. The average Bonchev–Trinajstić information content (AvgIpc) is 3.12. The highest BCUT2D eigenvalue weighted by molar-refractivity contribution is 5.80. The van der Waals surface area contributed by atoms with Crippen molar-refractivity contribution >= 4 is 11.9 Å². The SMILES string of the molecule is CN1CC(C(=O)NCc2cccc(Cn3cccn3)c2)CCC1C(=O)O. The Balaban J connectivity index is 1.52. The van der Waals surface area contributed by atoms with Crippen molar-refractivity contribution in [3.63, 3.8) is 0 Å². The molecule has 0 saturated carbocycles. The van der Waals surface area contributed by atoms with Gasteiger partial charge in [0.25, 0.3) is 0 Å². The lowest BCUT2D eigenvalue weighted by molar-refractivity contribution is -0.146. The van der Waals surface area contributed by atoms with Gasteiger partial charge in [0.15, 0.2) is 0 Å². The third-order valence-electron chi connectivity index (χ3n) is 4.85. The number of benzene rings is 1. The fourth-order valence-corrected chi connectivity index (χ4v) is 3.42.